The Hall–Kier alpha value is -8.53. The van der Waals surface area contributed by atoms with E-state index in [1.165, 1.54) is 26.9 Å². The van der Waals surface area contributed by atoms with Crippen LogP contribution in [-0.2, 0) is 0 Å². The molecule has 10 aromatic carbocycles. The number of aromatic nitrogens is 3. The molecule has 0 unspecified atom stereocenters. The number of fused-ring (bicyclic) bond motifs is 6. The van der Waals surface area contributed by atoms with E-state index < -0.39 is 0 Å². The van der Waals surface area contributed by atoms with Crippen molar-refractivity contribution in [2.24, 2.45) is 0 Å². The molecular weight excluding hydrogens is 775 g/mol. The van der Waals surface area contributed by atoms with Gasteiger partial charge in [0.05, 0.1) is 22.6 Å². The van der Waals surface area contributed by atoms with E-state index in [4.69, 9.17) is 15.0 Å². The maximum Gasteiger partial charge on any atom is 0.160 e. The number of rotatable bonds is 7. The zero-order chi connectivity index (χ0) is 42.4. The van der Waals surface area contributed by atoms with Gasteiger partial charge in [-0.1, -0.05) is 206 Å². The summed E-state index contributed by atoms with van der Waals surface area (Å²) in [7, 11) is 0. The summed E-state index contributed by atoms with van der Waals surface area (Å²) in [6.07, 6.45) is 0. The average molecular weight is 814 g/mol. The fourth-order valence-corrected chi connectivity index (χ4v) is 9.39. The summed E-state index contributed by atoms with van der Waals surface area (Å²) in [6, 6.07) is 84.0. The van der Waals surface area contributed by atoms with Crippen LogP contribution in [-0.4, -0.2) is 15.0 Å². The first-order valence-electron chi connectivity index (χ1n) is 21.8. The maximum atomic E-state index is 5.48. The maximum absolute atomic E-state index is 5.48. The van der Waals surface area contributed by atoms with Crippen molar-refractivity contribution in [2.45, 2.75) is 0 Å². The summed E-state index contributed by atoms with van der Waals surface area (Å²) in [4.78, 5) is 16.4. The molecule has 0 N–H and O–H groups in total. The molecule has 0 spiro atoms. The Morgan fingerprint density at radius 2 is 0.781 bits per heavy atom. The van der Waals surface area contributed by atoms with Crippen molar-refractivity contribution in [3.63, 3.8) is 0 Å². The van der Waals surface area contributed by atoms with Gasteiger partial charge in [-0.05, 0) is 79.7 Å². The van der Waals surface area contributed by atoms with E-state index in [9.17, 15) is 0 Å². The second kappa shape index (κ2) is 15.7. The molecule has 64 heavy (non-hydrogen) atoms. The van der Waals surface area contributed by atoms with Crippen molar-refractivity contribution in [2.75, 3.05) is 0 Å². The quantitative estimate of drug-likeness (QED) is 0.150. The smallest absolute Gasteiger partial charge is 0.160 e. The van der Waals surface area contributed by atoms with E-state index in [2.05, 4.69) is 231 Å². The Balaban J connectivity index is 1.11. The SMILES string of the molecule is c1ccc(-c2cccc(-c3nc(-c4ccccc4)c(-c4cccc(-c5cc6c(-c7ccc8ccccc8c7)nc7ccccc7c6c6ccccc56)c4)c(-c4ccccc4)n3)c2)cc1. The lowest BCUT2D eigenvalue weighted by Gasteiger charge is -2.19. The number of pyridine rings is 1. The van der Waals surface area contributed by atoms with Gasteiger partial charge in [0.1, 0.15) is 0 Å². The fourth-order valence-electron chi connectivity index (χ4n) is 9.39. The summed E-state index contributed by atoms with van der Waals surface area (Å²) in [5.41, 5.74) is 14.4. The third kappa shape index (κ3) is 6.59. The van der Waals surface area contributed by atoms with Crippen LogP contribution in [0, 0.1) is 0 Å². The molecule has 0 aliphatic carbocycles. The first-order valence-corrected chi connectivity index (χ1v) is 21.8. The molecule has 2 heterocycles. The molecule has 0 saturated carbocycles. The predicted molar refractivity (Wildman–Crippen MR) is 268 cm³/mol. The summed E-state index contributed by atoms with van der Waals surface area (Å²) >= 11 is 0. The second-order valence-corrected chi connectivity index (χ2v) is 16.3. The first kappa shape index (κ1) is 37.2. The second-order valence-electron chi connectivity index (χ2n) is 16.3. The molecular formula is C61H39N3. The normalized spacial score (nSPS) is 11.4. The minimum absolute atomic E-state index is 0.678. The molecule has 3 heteroatoms. The topological polar surface area (TPSA) is 38.7 Å². The highest BCUT2D eigenvalue weighted by atomic mass is 14.9. The molecule has 0 saturated heterocycles. The summed E-state index contributed by atoms with van der Waals surface area (Å²) in [5.74, 6) is 0.678. The number of hydrogen-bond acceptors (Lipinski definition) is 3. The van der Waals surface area contributed by atoms with Gasteiger partial charge < -0.3 is 0 Å². The van der Waals surface area contributed by atoms with Gasteiger partial charge >= 0.3 is 0 Å². The lowest BCUT2D eigenvalue weighted by molar-refractivity contribution is 1.18. The van der Waals surface area contributed by atoms with E-state index >= 15 is 0 Å². The standard InChI is InChI=1S/C61H39N3/c1-4-18-40(19-5-1)45-26-16-29-49(37-45)61-63-59(42-21-6-2-7-22-42)56(60(64-61)43-23-8-3-9-24-43)47-28-17-27-46(38-47)53-39-54-57(51-31-13-12-30-50(51)53)52-32-14-15-33-55(52)62-58(54)48-35-34-41-20-10-11-25-44(41)36-48/h1-39H. The fraction of sp³-hybridized carbons (Fsp3) is 0. The minimum Gasteiger partial charge on any atom is -0.247 e. The van der Waals surface area contributed by atoms with Crippen LogP contribution < -0.4 is 0 Å². The van der Waals surface area contributed by atoms with Crippen molar-refractivity contribution in [3.8, 4) is 78.5 Å². The van der Waals surface area contributed by atoms with Crippen LogP contribution in [0.4, 0.5) is 0 Å². The zero-order valence-corrected chi connectivity index (χ0v) is 34.9. The lowest BCUT2D eigenvalue weighted by Crippen LogP contribution is -2.01. The summed E-state index contributed by atoms with van der Waals surface area (Å²) in [6.45, 7) is 0. The molecule has 0 atom stereocenters. The molecule has 12 aromatic rings. The highest BCUT2D eigenvalue weighted by molar-refractivity contribution is 6.25. The van der Waals surface area contributed by atoms with E-state index in [0.29, 0.717) is 5.82 Å². The van der Waals surface area contributed by atoms with Crippen LogP contribution in [0.25, 0.3) is 122 Å². The van der Waals surface area contributed by atoms with Crippen molar-refractivity contribution < 1.29 is 0 Å². The van der Waals surface area contributed by atoms with Gasteiger partial charge in [-0.15, -0.1) is 0 Å². The molecule has 0 aliphatic heterocycles. The van der Waals surface area contributed by atoms with E-state index in [1.807, 2.05) is 6.07 Å². The Morgan fingerprint density at radius 3 is 1.50 bits per heavy atom. The summed E-state index contributed by atoms with van der Waals surface area (Å²) in [5, 5.41) is 8.26. The third-order valence-electron chi connectivity index (χ3n) is 12.4. The van der Waals surface area contributed by atoms with Crippen LogP contribution >= 0.6 is 0 Å². The monoisotopic (exact) mass is 813 g/mol. The largest absolute Gasteiger partial charge is 0.247 e. The number of nitrogens with zero attached hydrogens (tertiary/aromatic N) is 3. The molecule has 0 aliphatic rings. The van der Waals surface area contributed by atoms with Crippen LogP contribution in [0.15, 0.2) is 237 Å². The molecule has 0 amide bonds. The predicted octanol–water partition coefficient (Wildman–Crippen LogP) is 16.2. The first-order chi connectivity index (χ1) is 31.7. The van der Waals surface area contributed by atoms with Crippen molar-refractivity contribution in [1.82, 2.24) is 15.0 Å². The Morgan fingerprint density at radius 1 is 0.250 bits per heavy atom. The number of para-hydroxylation sites is 1. The Labute approximate surface area is 371 Å². The van der Waals surface area contributed by atoms with Gasteiger partial charge in [0.15, 0.2) is 5.82 Å². The van der Waals surface area contributed by atoms with Gasteiger partial charge in [-0.3, -0.25) is 0 Å². The van der Waals surface area contributed by atoms with Gasteiger partial charge in [-0.2, -0.15) is 0 Å². The van der Waals surface area contributed by atoms with E-state index in [1.54, 1.807) is 0 Å². The Bertz CT molecular complexity index is 3650. The molecule has 0 radical (unpaired) electrons. The van der Waals surface area contributed by atoms with Crippen molar-refractivity contribution in [1.29, 1.82) is 0 Å². The van der Waals surface area contributed by atoms with Crippen molar-refractivity contribution in [3.05, 3.63) is 237 Å². The molecule has 0 bridgehead atoms. The minimum atomic E-state index is 0.678. The number of benzene rings is 10. The van der Waals surface area contributed by atoms with Crippen LogP contribution in [0.5, 0.6) is 0 Å². The molecule has 12 rings (SSSR count). The molecule has 0 fully saturated rings. The third-order valence-corrected chi connectivity index (χ3v) is 12.4. The van der Waals surface area contributed by atoms with E-state index in [0.717, 1.165) is 89.0 Å². The lowest BCUT2D eigenvalue weighted by atomic mass is 9.88. The molecule has 3 nitrogen and oxygen atoms in total. The van der Waals surface area contributed by atoms with Crippen LogP contribution in [0.3, 0.4) is 0 Å². The van der Waals surface area contributed by atoms with Gasteiger partial charge in [0.25, 0.3) is 0 Å². The molecule has 2 aromatic heterocycles. The highest BCUT2D eigenvalue weighted by Crippen LogP contribution is 2.45. The van der Waals surface area contributed by atoms with Crippen molar-refractivity contribution >= 4 is 43.2 Å². The zero-order valence-electron chi connectivity index (χ0n) is 34.9. The average Bonchev–Trinajstić information content (AvgIpc) is 3.38. The van der Waals surface area contributed by atoms with Crippen LogP contribution in [0.1, 0.15) is 0 Å². The highest BCUT2D eigenvalue weighted by Gasteiger charge is 2.22. The number of hydrogen-bond donors (Lipinski definition) is 0. The van der Waals surface area contributed by atoms with Gasteiger partial charge in [0.2, 0.25) is 0 Å². The summed E-state index contributed by atoms with van der Waals surface area (Å²) < 4.78 is 0. The van der Waals surface area contributed by atoms with Crippen LogP contribution in [0.2, 0.25) is 0 Å². The van der Waals surface area contributed by atoms with E-state index in [-0.39, 0.29) is 0 Å². The van der Waals surface area contributed by atoms with Gasteiger partial charge in [-0.25, -0.2) is 15.0 Å². The Kier molecular flexibility index (Phi) is 9.16. The molecule has 298 valence electrons. The van der Waals surface area contributed by atoms with Gasteiger partial charge in [0, 0.05) is 44.0 Å².